The molecule has 0 fully saturated rings. The van der Waals surface area contributed by atoms with Crippen molar-refractivity contribution in [2.24, 2.45) is 0 Å². The molecule has 0 aliphatic carbocycles. The maximum Gasteiger partial charge on any atom is 0.328 e. The van der Waals surface area contributed by atoms with E-state index >= 15 is 0 Å². The molecule has 3 aromatic heterocycles. The molecular weight excluding hydrogens is 370 g/mol. The van der Waals surface area contributed by atoms with Crippen LogP contribution in [0.15, 0.2) is 42.9 Å². The Morgan fingerprint density at radius 1 is 1.14 bits per heavy atom. The van der Waals surface area contributed by atoms with E-state index in [-0.39, 0.29) is 12.3 Å². The Bertz CT molecular complexity index is 1250. The average Bonchev–Trinajstić information content (AvgIpc) is 3.23. The van der Waals surface area contributed by atoms with Crippen LogP contribution in [0.2, 0.25) is 0 Å². The van der Waals surface area contributed by atoms with E-state index in [9.17, 15) is 9.59 Å². The molecule has 0 aliphatic heterocycles. The predicted molar refractivity (Wildman–Crippen MR) is 108 cm³/mol. The molecule has 4 rings (SSSR count). The van der Waals surface area contributed by atoms with Crippen LogP contribution >= 0.6 is 0 Å². The zero-order valence-corrected chi connectivity index (χ0v) is 16.7. The summed E-state index contributed by atoms with van der Waals surface area (Å²) in [7, 11) is 0. The van der Waals surface area contributed by atoms with Gasteiger partial charge in [0.05, 0.1) is 11.7 Å². The van der Waals surface area contributed by atoms with Crippen LogP contribution in [0, 0.1) is 0 Å². The minimum atomic E-state index is -0.589. The number of carbonyl (C=O) groups excluding carboxylic acids is 2. The molecule has 0 amide bonds. The number of hydrogen-bond acceptors (Lipinski definition) is 6. The number of esters is 1. The fraction of sp³-hybridized carbons (Fsp3) is 0.286. The first kappa shape index (κ1) is 18.8. The van der Waals surface area contributed by atoms with E-state index in [4.69, 9.17) is 4.74 Å². The van der Waals surface area contributed by atoms with Crippen molar-refractivity contribution in [3.05, 3.63) is 48.5 Å². The summed E-state index contributed by atoms with van der Waals surface area (Å²) >= 11 is 0. The van der Waals surface area contributed by atoms with Crippen LogP contribution in [0.25, 0.3) is 27.7 Å². The van der Waals surface area contributed by atoms with E-state index < -0.39 is 11.6 Å². The first-order valence-electron chi connectivity index (χ1n) is 9.24. The highest BCUT2D eigenvalue weighted by Crippen LogP contribution is 2.27. The molecule has 0 atom stereocenters. The largest absolute Gasteiger partial charge is 0.459 e. The van der Waals surface area contributed by atoms with Gasteiger partial charge in [-0.05, 0) is 38.5 Å². The number of ether oxygens (including phenoxy) is 1. The topological polar surface area (TPSA) is 91.4 Å². The maximum absolute atomic E-state index is 12.3. The fourth-order valence-electron chi connectivity index (χ4n) is 3.19. The number of ketones is 1. The summed E-state index contributed by atoms with van der Waals surface area (Å²) in [5.74, 6) is -0.579. The number of hydrogen-bond donors (Lipinski definition) is 0. The van der Waals surface area contributed by atoms with Crippen molar-refractivity contribution < 1.29 is 14.3 Å². The molecule has 1 aromatic carbocycles. The Hall–Kier alpha value is -3.55. The van der Waals surface area contributed by atoms with Gasteiger partial charge < -0.3 is 4.74 Å². The number of aromatic nitrogens is 5. The molecule has 3 heterocycles. The monoisotopic (exact) mass is 391 g/mol. The first-order chi connectivity index (χ1) is 13.7. The van der Waals surface area contributed by atoms with Crippen molar-refractivity contribution in [3.8, 4) is 11.1 Å². The smallest absolute Gasteiger partial charge is 0.328 e. The lowest BCUT2D eigenvalue weighted by Gasteiger charge is -2.19. The summed E-state index contributed by atoms with van der Waals surface area (Å²) in [6.07, 6.45) is 5.32. The molecule has 0 saturated heterocycles. The van der Waals surface area contributed by atoms with Crippen LogP contribution in [0.3, 0.4) is 0 Å². The molecule has 0 saturated carbocycles. The van der Waals surface area contributed by atoms with Crippen LogP contribution < -0.4 is 0 Å². The summed E-state index contributed by atoms with van der Waals surface area (Å²) in [5, 5.41) is 9.26. The second-order valence-electron chi connectivity index (χ2n) is 7.86. The minimum Gasteiger partial charge on any atom is -0.459 e. The molecule has 8 heteroatoms. The number of fused-ring (bicyclic) bond motifs is 2. The third-order valence-electron chi connectivity index (χ3n) is 4.36. The number of Topliss-reactive ketones (excluding diaryl/α,β-unsaturated/α-hetero) is 1. The Kier molecular flexibility index (Phi) is 4.41. The van der Waals surface area contributed by atoms with E-state index in [1.807, 2.05) is 51.2 Å². The Morgan fingerprint density at radius 2 is 1.93 bits per heavy atom. The number of rotatable bonds is 4. The van der Waals surface area contributed by atoms with Crippen LogP contribution in [0.5, 0.6) is 0 Å². The van der Waals surface area contributed by atoms with Crippen LogP contribution in [0.4, 0.5) is 0 Å². The van der Waals surface area contributed by atoms with Gasteiger partial charge in [-0.15, -0.1) is 0 Å². The third kappa shape index (κ3) is 3.73. The lowest BCUT2D eigenvalue weighted by atomic mass is 10.0. The molecule has 0 radical (unpaired) electrons. The highest BCUT2D eigenvalue weighted by atomic mass is 16.6. The second-order valence-corrected chi connectivity index (χ2v) is 7.86. The molecule has 8 nitrogen and oxygen atoms in total. The summed E-state index contributed by atoms with van der Waals surface area (Å²) in [5.41, 5.74) is 2.91. The summed E-state index contributed by atoms with van der Waals surface area (Å²) in [6.45, 7) is 6.82. The Morgan fingerprint density at radius 3 is 2.66 bits per heavy atom. The van der Waals surface area contributed by atoms with Crippen LogP contribution in [-0.2, 0) is 16.1 Å². The SMILES string of the molecule is CC(=O)c1nn(CC(=O)OC(C)(C)C)c2ccc(-c3cnc4ccnn4c3)cc12. The second kappa shape index (κ2) is 6.80. The maximum atomic E-state index is 12.3. The lowest BCUT2D eigenvalue weighted by molar-refractivity contribution is -0.155. The van der Waals surface area contributed by atoms with Gasteiger partial charge in [-0.1, -0.05) is 6.07 Å². The molecule has 0 bridgehead atoms. The molecule has 0 N–H and O–H groups in total. The lowest BCUT2D eigenvalue weighted by Crippen LogP contribution is -2.26. The van der Waals surface area contributed by atoms with Crippen LogP contribution in [-0.4, -0.2) is 41.7 Å². The first-order valence-corrected chi connectivity index (χ1v) is 9.24. The van der Waals surface area contributed by atoms with Crippen molar-refractivity contribution >= 4 is 28.3 Å². The summed E-state index contributed by atoms with van der Waals surface area (Å²) in [4.78, 5) is 28.8. The van der Waals surface area contributed by atoms with Gasteiger partial charge in [-0.25, -0.2) is 9.50 Å². The van der Waals surface area contributed by atoms with Gasteiger partial charge in [0.25, 0.3) is 0 Å². The van der Waals surface area contributed by atoms with Gasteiger partial charge in [0.15, 0.2) is 11.4 Å². The zero-order chi connectivity index (χ0) is 20.8. The standard InChI is InChI=1S/C21H21N5O3/c1-13(27)20-16-9-14(15-10-22-18-7-8-23-26(18)11-15)5-6-17(16)25(24-20)12-19(28)29-21(2,3)4/h5-11H,12H2,1-4H3. The Labute approximate surface area is 167 Å². The van der Waals surface area contributed by atoms with Crippen molar-refractivity contribution in [2.45, 2.75) is 39.8 Å². The van der Waals surface area contributed by atoms with Gasteiger partial charge in [0.2, 0.25) is 0 Å². The van der Waals surface area contributed by atoms with Gasteiger partial charge >= 0.3 is 5.97 Å². The Balaban J connectivity index is 1.76. The van der Waals surface area contributed by atoms with E-state index in [0.717, 1.165) is 16.8 Å². The van der Waals surface area contributed by atoms with Gasteiger partial charge in [-0.3, -0.25) is 14.3 Å². The van der Waals surface area contributed by atoms with E-state index in [2.05, 4.69) is 15.2 Å². The zero-order valence-electron chi connectivity index (χ0n) is 16.7. The van der Waals surface area contributed by atoms with Gasteiger partial charge in [0.1, 0.15) is 17.8 Å². The minimum absolute atomic E-state index is 0.0683. The van der Waals surface area contributed by atoms with Crippen molar-refractivity contribution in [1.82, 2.24) is 24.4 Å². The molecule has 0 unspecified atom stereocenters. The number of carbonyl (C=O) groups is 2. The molecule has 0 aliphatic rings. The van der Waals surface area contributed by atoms with Crippen molar-refractivity contribution in [2.75, 3.05) is 0 Å². The fourth-order valence-corrected chi connectivity index (χ4v) is 3.19. The van der Waals surface area contributed by atoms with E-state index in [1.54, 1.807) is 16.9 Å². The predicted octanol–water partition coefficient (Wildman–Crippen LogP) is 3.29. The van der Waals surface area contributed by atoms with Crippen LogP contribution in [0.1, 0.15) is 38.2 Å². The highest BCUT2D eigenvalue weighted by Gasteiger charge is 2.20. The molecular formula is C21H21N5O3. The highest BCUT2D eigenvalue weighted by molar-refractivity contribution is 6.06. The summed E-state index contributed by atoms with van der Waals surface area (Å²) < 4.78 is 8.59. The number of nitrogens with zero attached hydrogens (tertiary/aromatic N) is 5. The van der Waals surface area contributed by atoms with Gasteiger partial charge in [0, 0.05) is 36.3 Å². The quantitative estimate of drug-likeness (QED) is 0.392. The van der Waals surface area contributed by atoms with Crippen molar-refractivity contribution in [1.29, 1.82) is 0 Å². The molecule has 148 valence electrons. The van der Waals surface area contributed by atoms with E-state index in [1.165, 1.54) is 11.6 Å². The van der Waals surface area contributed by atoms with Gasteiger partial charge in [-0.2, -0.15) is 10.2 Å². The molecule has 0 spiro atoms. The molecule has 4 aromatic rings. The summed E-state index contributed by atoms with van der Waals surface area (Å²) in [6, 6.07) is 7.46. The van der Waals surface area contributed by atoms with E-state index in [0.29, 0.717) is 16.6 Å². The normalized spacial score (nSPS) is 11.9. The van der Waals surface area contributed by atoms with Crippen molar-refractivity contribution in [3.63, 3.8) is 0 Å². The number of benzene rings is 1. The average molecular weight is 391 g/mol. The third-order valence-corrected chi connectivity index (χ3v) is 4.36. The molecule has 29 heavy (non-hydrogen) atoms.